The van der Waals surface area contributed by atoms with Crippen molar-refractivity contribution < 1.29 is 9.47 Å². The Balaban J connectivity index is 2.14. The van der Waals surface area contributed by atoms with Crippen LogP contribution in [-0.4, -0.2) is 22.8 Å². The van der Waals surface area contributed by atoms with E-state index >= 15 is 0 Å². The monoisotopic (exact) mass is 296 g/mol. The molecule has 0 aliphatic rings. The molecule has 4 nitrogen and oxygen atoms in total. The zero-order valence-electron chi connectivity index (χ0n) is 10.6. The number of rotatable bonds is 5. The minimum atomic E-state index is 0.361. The van der Waals surface area contributed by atoms with Crippen LogP contribution in [0.4, 0.5) is 0 Å². The number of halogens is 1. The lowest BCUT2D eigenvalue weighted by Gasteiger charge is -2.07. The van der Waals surface area contributed by atoms with Gasteiger partial charge in [-0.1, -0.05) is 23.4 Å². The zero-order valence-corrected chi connectivity index (χ0v) is 12.2. The van der Waals surface area contributed by atoms with Gasteiger partial charge in [0.15, 0.2) is 5.16 Å². The molecule has 0 radical (unpaired) electrons. The third-order valence-corrected chi connectivity index (χ3v) is 2.93. The predicted molar refractivity (Wildman–Crippen MR) is 76.5 cm³/mol. The lowest BCUT2D eigenvalue weighted by atomic mass is 10.3. The van der Waals surface area contributed by atoms with Crippen molar-refractivity contribution in [3.8, 4) is 17.4 Å². The molecule has 1 aromatic carbocycles. The summed E-state index contributed by atoms with van der Waals surface area (Å²) < 4.78 is 11.0. The van der Waals surface area contributed by atoms with E-state index in [0.717, 1.165) is 5.75 Å². The van der Waals surface area contributed by atoms with Gasteiger partial charge in [0.2, 0.25) is 5.88 Å². The number of ether oxygens (including phenoxy) is 2. The van der Waals surface area contributed by atoms with E-state index in [-0.39, 0.29) is 0 Å². The van der Waals surface area contributed by atoms with Gasteiger partial charge >= 0.3 is 0 Å². The summed E-state index contributed by atoms with van der Waals surface area (Å²) in [7, 11) is 0. The highest BCUT2D eigenvalue weighted by atomic mass is 35.5. The quantitative estimate of drug-likeness (QED) is 0.473. The zero-order chi connectivity index (χ0) is 13.7. The van der Waals surface area contributed by atoms with Crippen molar-refractivity contribution in [3.05, 3.63) is 35.5 Å². The molecule has 2 aromatic rings. The first-order chi connectivity index (χ1) is 9.21. The molecule has 6 heteroatoms. The van der Waals surface area contributed by atoms with Crippen LogP contribution in [0.2, 0.25) is 5.15 Å². The molecule has 1 heterocycles. The average molecular weight is 297 g/mol. The van der Waals surface area contributed by atoms with E-state index in [9.17, 15) is 0 Å². The van der Waals surface area contributed by atoms with E-state index in [0.29, 0.717) is 28.5 Å². The van der Waals surface area contributed by atoms with E-state index in [4.69, 9.17) is 21.1 Å². The largest absolute Gasteiger partial charge is 0.494 e. The van der Waals surface area contributed by atoms with Gasteiger partial charge in [-0.25, -0.2) is 4.98 Å². The molecule has 0 spiro atoms. The molecule has 0 aliphatic carbocycles. The third kappa shape index (κ3) is 4.01. The summed E-state index contributed by atoms with van der Waals surface area (Å²) in [4.78, 5) is 8.27. The normalized spacial score (nSPS) is 10.3. The van der Waals surface area contributed by atoms with Gasteiger partial charge in [0.05, 0.1) is 6.61 Å². The molecule has 0 saturated carbocycles. The van der Waals surface area contributed by atoms with Gasteiger partial charge < -0.3 is 9.47 Å². The Labute approximate surface area is 121 Å². The molecule has 0 aliphatic heterocycles. The Kier molecular flexibility index (Phi) is 4.87. The maximum atomic E-state index is 5.90. The van der Waals surface area contributed by atoms with Gasteiger partial charge in [0.25, 0.3) is 0 Å². The molecule has 0 unspecified atom stereocenters. The second-order valence-electron chi connectivity index (χ2n) is 3.52. The molecule has 100 valence electrons. The number of aromatic nitrogens is 2. The van der Waals surface area contributed by atoms with Gasteiger partial charge in [-0.2, -0.15) is 4.98 Å². The van der Waals surface area contributed by atoms with Crippen molar-refractivity contribution in [2.75, 3.05) is 12.9 Å². The fourth-order valence-corrected chi connectivity index (χ4v) is 2.01. The number of hydrogen-bond acceptors (Lipinski definition) is 5. The smallest absolute Gasteiger partial charge is 0.224 e. The molecule has 0 N–H and O–H groups in total. The van der Waals surface area contributed by atoms with Crippen molar-refractivity contribution in [1.82, 2.24) is 9.97 Å². The van der Waals surface area contributed by atoms with Crippen LogP contribution in [-0.2, 0) is 0 Å². The molecular weight excluding hydrogens is 284 g/mol. The Bertz CT molecular complexity index is 549. The van der Waals surface area contributed by atoms with Crippen LogP contribution in [0.5, 0.6) is 17.4 Å². The second-order valence-corrected chi connectivity index (χ2v) is 4.68. The highest BCUT2D eigenvalue weighted by Gasteiger charge is 2.05. The fourth-order valence-electron chi connectivity index (χ4n) is 1.41. The van der Waals surface area contributed by atoms with Crippen LogP contribution in [0.25, 0.3) is 0 Å². The van der Waals surface area contributed by atoms with Crippen molar-refractivity contribution in [1.29, 1.82) is 0 Å². The van der Waals surface area contributed by atoms with Crippen LogP contribution >= 0.6 is 23.4 Å². The Morgan fingerprint density at radius 2 is 1.84 bits per heavy atom. The van der Waals surface area contributed by atoms with Crippen molar-refractivity contribution in [2.24, 2.45) is 0 Å². The summed E-state index contributed by atoms with van der Waals surface area (Å²) in [5.41, 5.74) is 0. The molecule has 0 fully saturated rings. The highest BCUT2D eigenvalue weighted by molar-refractivity contribution is 7.98. The van der Waals surface area contributed by atoms with E-state index in [1.165, 1.54) is 11.8 Å². The summed E-state index contributed by atoms with van der Waals surface area (Å²) in [6.45, 7) is 2.58. The molecule has 19 heavy (non-hydrogen) atoms. The van der Waals surface area contributed by atoms with E-state index in [2.05, 4.69) is 9.97 Å². The minimum Gasteiger partial charge on any atom is -0.494 e. The topological polar surface area (TPSA) is 44.2 Å². The molecule has 0 bridgehead atoms. The lowest BCUT2D eigenvalue weighted by molar-refractivity contribution is 0.339. The summed E-state index contributed by atoms with van der Waals surface area (Å²) in [5.74, 6) is 1.90. The maximum Gasteiger partial charge on any atom is 0.224 e. The highest BCUT2D eigenvalue weighted by Crippen LogP contribution is 2.25. The van der Waals surface area contributed by atoms with Gasteiger partial charge in [0, 0.05) is 6.07 Å². The second kappa shape index (κ2) is 6.63. The first kappa shape index (κ1) is 14.0. The van der Waals surface area contributed by atoms with Crippen molar-refractivity contribution >= 4 is 23.4 Å². The Morgan fingerprint density at radius 1 is 1.16 bits per heavy atom. The SMILES string of the molecule is CCOc1ccc(Oc2cc(Cl)nc(SC)n2)cc1. The molecule has 0 atom stereocenters. The van der Waals surface area contributed by atoms with E-state index in [1.807, 2.05) is 37.4 Å². The fraction of sp³-hybridized carbons (Fsp3) is 0.231. The van der Waals surface area contributed by atoms with Crippen LogP contribution in [0.3, 0.4) is 0 Å². The number of thioether (sulfide) groups is 1. The van der Waals surface area contributed by atoms with Gasteiger partial charge in [-0.15, -0.1) is 0 Å². The number of hydrogen-bond donors (Lipinski definition) is 0. The lowest BCUT2D eigenvalue weighted by Crippen LogP contribution is -1.93. The third-order valence-electron chi connectivity index (χ3n) is 2.19. The molecule has 0 amide bonds. The summed E-state index contributed by atoms with van der Waals surface area (Å²) >= 11 is 7.31. The van der Waals surface area contributed by atoms with Crippen LogP contribution in [0.1, 0.15) is 6.92 Å². The maximum absolute atomic E-state index is 5.90. The van der Waals surface area contributed by atoms with Gasteiger partial charge in [0.1, 0.15) is 16.7 Å². The first-order valence-corrected chi connectivity index (χ1v) is 7.31. The van der Waals surface area contributed by atoms with Gasteiger partial charge in [-0.3, -0.25) is 0 Å². The molecular formula is C13H13ClN2O2S. The summed E-state index contributed by atoms with van der Waals surface area (Å²) in [6, 6.07) is 8.91. The van der Waals surface area contributed by atoms with Crippen LogP contribution in [0.15, 0.2) is 35.5 Å². The summed E-state index contributed by atoms with van der Waals surface area (Å²) in [6.07, 6.45) is 1.88. The molecule has 0 saturated heterocycles. The first-order valence-electron chi connectivity index (χ1n) is 5.70. The number of benzene rings is 1. The van der Waals surface area contributed by atoms with Gasteiger partial charge in [-0.05, 0) is 37.4 Å². The molecule has 2 rings (SSSR count). The Hall–Kier alpha value is -1.46. The Morgan fingerprint density at radius 3 is 2.47 bits per heavy atom. The standard InChI is InChI=1S/C13H13ClN2O2S/c1-3-17-9-4-6-10(7-5-9)18-12-8-11(14)15-13(16-12)19-2/h4-8H,3H2,1-2H3. The minimum absolute atomic E-state index is 0.361. The average Bonchev–Trinajstić information content (AvgIpc) is 2.40. The van der Waals surface area contributed by atoms with Crippen LogP contribution < -0.4 is 9.47 Å². The predicted octanol–water partition coefficient (Wildman–Crippen LogP) is 4.04. The summed E-state index contributed by atoms with van der Waals surface area (Å²) in [5, 5.41) is 0.939. The van der Waals surface area contributed by atoms with E-state index < -0.39 is 0 Å². The van der Waals surface area contributed by atoms with Crippen molar-refractivity contribution in [2.45, 2.75) is 12.1 Å². The molecule has 1 aromatic heterocycles. The van der Waals surface area contributed by atoms with Crippen molar-refractivity contribution in [3.63, 3.8) is 0 Å². The van der Waals surface area contributed by atoms with E-state index in [1.54, 1.807) is 6.07 Å². The number of nitrogens with zero attached hydrogens (tertiary/aromatic N) is 2. The van der Waals surface area contributed by atoms with Crippen LogP contribution in [0, 0.1) is 0 Å².